The smallest absolute Gasteiger partial charge is 0.665 e. The Morgan fingerprint density at radius 1 is 0.814 bits per heavy atom. The number of rotatable bonds is 4. The summed E-state index contributed by atoms with van der Waals surface area (Å²) < 4.78 is 7.66. The van der Waals surface area contributed by atoms with Crippen molar-refractivity contribution in [2.45, 2.75) is 45.4 Å². The molecule has 5 heteroatoms. The van der Waals surface area contributed by atoms with Gasteiger partial charge in [-0.2, -0.15) is 17.0 Å². The summed E-state index contributed by atoms with van der Waals surface area (Å²) in [6, 6.07) is 36.4. The third-order valence-corrected chi connectivity index (χ3v) is 9.07. The molecule has 1 aliphatic heterocycles. The maximum Gasteiger partial charge on any atom is 3.00 e. The number of fused-ring (bicyclic) bond motifs is 3. The molecule has 0 amide bonds. The normalized spacial score (nSPS) is 13.4. The number of nitrogens with zero attached hydrogens (tertiary/aromatic N) is 2. The molecule has 2 aromatic heterocycles. The van der Waals surface area contributed by atoms with Crippen molar-refractivity contribution in [3.63, 3.8) is 0 Å². The summed E-state index contributed by atoms with van der Waals surface area (Å²) in [7, 11) is 0. The quantitative estimate of drug-likeness (QED) is 0.133. The number of hydrogen-bond acceptors (Lipinski definition) is 3. The van der Waals surface area contributed by atoms with Gasteiger partial charge in [0.25, 0.3) is 0 Å². The molecule has 0 atom stereocenters. The van der Waals surface area contributed by atoms with Gasteiger partial charge in [-0.1, -0.05) is 106 Å². The molecule has 0 spiro atoms. The summed E-state index contributed by atoms with van der Waals surface area (Å²) in [5.41, 5.74) is 9.24. The minimum absolute atomic E-state index is 0. The molecular weight excluding hydrogens is 729 g/mol. The number of para-hydroxylation sites is 2. The van der Waals surface area contributed by atoms with E-state index in [2.05, 4.69) is 125 Å². The summed E-state index contributed by atoms with van der Waals surface area (Å²) >= 11 is 1.70. The second kappa shape index (κ2) is 11.1. The monoisotopic (exact) mass is 760 g/mol. The van der Waals surface area contributed by atoms with Crippen LogP contribution in [0, 0.1) is 12.1 Å². The Balaban J connectivity index is 0.00000329. The molecule has 4 aromatic carbocycles. The zero-order chi connectivity index (χ0) is 29.1. The van der Waals surface area contributed by atoms with Gasteiger partial charge >= 0.3 is 22.4 Å². The molecule has 0 unspecified atom stereocenters. The summed E-state index contributed by atoms with van der Waals surface area (Å²) in [5.74, 6) is 1.28. The molecule has 216 valence electrons. The van der Waals surface area contributed by atoms with Gasteiger partial charge in [-0.05, 0) is 28.3 Å². The van der Waals surface area contributed by atoms with Crippen LogP contribution in [0.1, 0.15) is 51.3 Å². The summed E-state index contributed by atoms with van der Waals surface area (Å²) in [6.07, 6.45) is 1.87. The van der Waals surface area contributed by atoms with Gasteiger partial charge in [0.2, 0.25) is 0 Å². The van der Waals surface area contributed by atoms with Crippen LogP contribution >= 0.6 is 11.3 Å². The van der Waals surface area contributed by atoms with Crippen LogP contribution in [-0.4, -0.2) is 4.98 Å². The Kier molecular flexibility index (Phi) is 7.60. The maximum atomic E-state index is 6.51. The molecular formula is C38H31AuN2OS. The molecule has 0 aliphatic carbocycles. The molecule has 1 aliphatic rings. The van der Waals surface area contributed by atoms with Crippen molar-refractivity contribution in [1.29, 1.82) is 0 Å². The third kappa shape index (κ3) is 5.34. The second-order valence-corrected chi connectivity index (χ2v) is 13.3. The van der Waals surface area contributed by atoms with Crippen molar-refractivity contribution in [1.82, 2.24) is 4.98 Å². The van der Waals surface area contributed by atoms with Crippen molar-refractivity contribution in [2.75, 3.05) is 0 Å². The zero-order valence-electron chi connectivity index (χ0n) is 24.8. The van der Waals surface area contributed by atoms with Crippen LogP contribution in [0.25, 0.3) is 37.8 Å². The first-order chi connectivity index (χ1) is 20.2. The number of pyridine rings is 1. The van der Waals surface area contributed by atoms with Crippen LogP contribution in [0.5, 0.6) is 11.5 Å². The Bertz CT molecular complexity index is 1970. The molecule has 3 heterocycles. The van der Waals surface area contributed by atoms with Gasteiger partial charge in [0, 0.05) is 33.5 Å². The van der Waals surface area contributed by atoms with Crippen molar-refractivity contribution in [3.05, 3.63) is 131 Å². The van der Waals surface area contributed by atoms with Gasteiger partial charge in [0.1, 0.15) is 0 Å². The first kappa shape index (κ1) is 29.4. The van der Waals surface area contributed by atoms with Gasteiger partial charge in [0.05, 0.1) is 0 Å². The number of hydrogen-bond donors (Lipinski definition) is 0. The average Bonchev–Trinajstić information content (AvgIpc) is 3.46. The summed E-state index contributed by atoms with van der Waals surface area (Å²) in [6.45, 7) is 11.2. The fourth-order valence-corrected chi connectivity index (χ4v) is 6.68. The summed E-state index contributed by atoms with van der Waals surface area (Å²) in [5, 5.41) is 8.42. The summed E-state index contributed by atoms with van der Waals surface area (Å²) in [4.78, 5) is 4.75. The van der Waals surface area contributed by atoms with E-state index in [9.17, 15) is 0 Å². The standard InChI is InChI=1S/C38H31N2OS.Au/c1-37(2,3)27-20-26(34-36-24(16-18-39-34)17-19-42-36)22-29(23-27)41-28-11-8-10-25(21-28)30-12-9-14-32-35(30)40-33-15-7-6-13-31(33)38(32,4)5;/h6-20,23H,1-5H3;/q-3;+3. The van der Waals surface area contributed by atoms with E-state index in [0.717, 1.165) is 44.0 Å². The number of benzene rings is 4. The van der Waals surface area contributed by atoms with Gasteiger partial charge < -0.3 is 15.0 Å². The predicted molar refractivity (Wildman–Crippen MR) is 175 cm³/mol. The Morgan fingerprint density at radius 2 is 1.58 bits per heavy atom. The van der Waals surface area contributed by atoms with Crippen molar-refractivity contribution in [3.8, 4) is 33.9 Å². The van der Waals surface area contributed by atoms with Crippen LogP contribution in [0.2, 0.25) is 0 Å². The molecule has 43 heavy (non-hydrogen) atoms. The van der Waals surface area contributed by atoms with E-state index in [1.165, 1.54) is 16.5 Å². The third-order valence-electron chi connectivity index (χ3n) is 8.13. The van der Waals surface area contributed by atoms with Crippen LogP contribution in [0.4, 0.5) is 11.4 Å². The Labute approximate surface area is 273 Å². The molecule has 7 rings (SSSR count). The first-order valence-corrected chi connectivity index (χ1v) is 15.1. The van der Waals surface area contributed by atoms with E-state index < -0.39 is 0 Å². The SMILES string of the molecule is CC(C)(C)c1cc(Oc2[c-]c(-c3cccc4c3[N-]c3ccccc3C4(C)C)ccc2)[c-]c(-c2nccc3ccsc23)c1.[Au+3]. The molecule has 0 fully saturated rings. The Hall–Kier alpha value is -3.67. The van der Waals surface area contributed by atoms with Gasteiger partial charge in [-0.15, -0.1) is 52.2 Å². The Morgan fingerprint density at radius 3 is 2.42 bits per heavy atom. The molecule has 0 saturated heterocycles. The van der Waals surface area contributed by atoms with Crippen LogP contribution in [0.3, 0.4) is 0 Å². The van der Waals surface area contributed by atoms with Gasteiger partial charge in [0.15, 0.2) is 0 Å². The first-order valence-electron chi connectivity index (χ1n) is 14.2. The van der Waals surface area contributed by atoms with E-state index in [1.807, 2.05) is 18.3 Å². The van der Waals surface area contributed by atoms with Crippen molar-refractivity contribution in [2.24, 2.45) is 0 Å². The van der Waals surface area contributed by atoms with E-state index in [4.69, 9.17) is 15.0 Å². The molecule has 6 aromatic rings. The fourth-order valence-electron chi connectivity index (χ4n) is 5.78. The van der Waals surface area contributed by atoms with E-state index in [1.54, 1.807) is 11.3 Å². The van der Waals surface area contributed by atoms with E-state index in [0.29, 0.717) is 11.5 Å². The van der Waals surface area contributed by atoms with Crippen molar-refractivity contribution >= 4 is 32.8 Å². The average molecular weight is 761 g/mol. The van der Waals surface area contributed by atoms with Crippen LogP contribution in [-0.2, 0) is 33.2 Å². The number of ether oxygens (including phenoxy) is 1. The fraction of sp³-hybridized carbons (Fsp3) is 0.184. The number of aromatic nitrogens is 1. The largest absolute Gasteiger partial charge is 3.00 e. The van der Waals surface area contributed by atoms with Gasteiger partial charge in [-0.3, -0.25) is 0 Å². The predicted octanol–water partition coefficient (Wildman–Crippen LogP) is 11.3. The minimum atomic E-state index is -0.157. The van der Waals surface area contributed by atoms with Crippen molar-refractivity contribution < 1.29 is 27.1 Å². The minimum Gasteiger partial charge on any atom is -0.665 e. The maximum absolute atomic E-state index is 6.51. The molecule has 3 nitrogen and oxygen atoms in total. The van der Waals surface area contributed by atoms with E-state index in [-0.39, 0.29) is 33.2 Å². The number of thiophene rings is 1. The zero-order valence-corrected chi connectivity index (χ0v) is 27.7. The van der Waals surface area contributed by atoms with Crippen LogP contribution in [0.15, 0.2) is 96.5 Å². The van der Waals surface area contributed by atoms with Crippen LogP contribution < -0.4 is 4.74 Å². The molecule has 0 radical (unpaired) electrons. The van der Waals surface area contributed by atoms with E-state index >= 15 is 0 Å². The topological polar surface area (TPSA) is 36.2 Å². The molecule has 0 saturated carbocycles. The molecule has 0 bridgehead atoms. The van der Waals surface area contributed by atoms with Gasteiger partial charge in [-0.25, -0.2) is 0 Å². The molecule has 0 N–H and O–H groups in total. The second-order valence-electron chi connectivity index (χ2n) is 12.4.